The largest absolute Gasteiger partial charge is 0.496 e. The lowest BCUT2D eigenvalue weighted by atomic mass is 9.93. The number of nitrogens with zero attached hydrogens (tertiary/aromatic N) is 1. The number of fused-ring (bicyclic) bond motifs is 1. The Hall–Kier alpha value is -1.77. The maximum Gasteiger partial charge on any atom is 0.134 e. The Labute approximate surface area is 101 Å². The van der Waals surface area contributed by atoms with Gasteiger partial charge in [-0.3, -0.25) is 0 Å². The summed E-state index contributed by atoms with van der Waals surface area (Å²) in [4.78, 5) is 4.44. The number of anilines is 1. The number of hydrogen-bond donors (Lipinski definition) is 1. The number of methoxy groups -OCH3 is 1. The molecule has 1 fully saturated rings. The van der Waals surface area contributed by atoms with E-state index in [1.54, 1.807) is 7.11 Å². The molecule has 0 atom stereocenters. The molecule has 0 amide bonds. The van der Waals surface area contributed by atoms with E-state index in [0.29, 0.717) is 6.04 Å². The molecule has 0 spiro atoms. The van der Waals surface area contributed by atoms with Crippen LogP contribution >= 0.6 is 0 Å². The van der Waals surface area contributed by atoms with Gasteiger partial charge < -0.3 is 10.1 Å². The van der Waals surface area contributed by atoms with E-state index >= 15 is 0 Å². The number of nitrogens with one attached hydrogen (secondary N) is 1. The van der Waals surface area contributed by atoms with Gasteiger partial charge in [-0.05, 0) is 31.4 Å². The maximum atomic E-state index is 5.37. The van der Waals surface area contributed by atoms with Gasteiger partial charge in [0.15, 0.2) is 0 Å². The highest BCUT2D eigenvalue weighted by Gasteiger charge is 2.18. The first-order valence-corrected chi connectivity index (χ1v) is 6.07. The number of ether oxygens (including phenoxy) is 1. The minimum Gasteiger partial charge on any atom is -0.496 e. The fourth-order valence-electron chi connectivity index (χ4n) is 2.22. The van der Waals surface area contributed by atoms with Gasteiger partial charge in [0.05, 0.1) is 7.11 Å². The molecule has 3 heteroatoms. The SMILES string of the molecule is COc1cccc2c(NC3CCC3)nccc12. The van der Waals surface area contributed by atoms with Crippen LogP contribution in [0, 0.1) is 0 Å². The van der Waals surface area contributed by atoms with Gasteiger partial charge in [0, 0.05) is 23.0 Å². The standard InChI is InChI=1S/C14H16N2O/c1-17-13-7-3-6-12-11(13)8-9-15-14(12)16-10-4-2-5-10/h3,6-10H,2,4-5H2,1H3,(H,15,16). The number of aromatic nitrogens is 1. The van der Waals surface area contributed by atoms with Gasteiger partial charge in [-0.25, -0.2) is 4.98 Å². The highest BCUT2D eigenvalue weighted by Crippen LogP contribution is 2.31. The van der Waals surface area contributed by atoms with E-state index in [-0.39, 0.29) is 0 Å². The number of rotatable bonds is 3. The average molecular weight is 228 g/mol. The Morgan fingerprint density at radius 3 is 2.82 bits per heavy atom. The van der Waals surface area contributed by atoms with Crippen molar-refractivity contribution in [2.75, 3.05) is 12.4 Å². The van der Waals surface area contributed by atoms with Gasteiger partial charge in [-0.1, -0.05) is 12.1 Å². The van der Waals surface area contributed by atoms with Crippen molar-refractivity contribution in [1.82, 2.24) is 4.98 Å². The Kier molecular flexibility index (Phi) is 2.59. The predicted molar refractivity (Wildman–Crippen MR) is 69.6 cm³/mol. The van der Waals surface area contributed by atoms with Crippen LogP contribution in [0.3, 0.4) is 0 Å². The molecule has 0 radical (unpaired) electrons. The molecule has 0 bridgehead atoms. The van der Waals surface area contributed by atoms with E-state index in [1.165, 1.54) is 19.3 Å². The quantitative estimate of drug-likeness (QED) is 0.876. The van der Waals surface area contributed by atoms with Crippen LogP contribution in [-0.4, -0.2) is 18.1 Å². The lowest BCUT2D eigenvalue weighted by molar-refractivity contribution is 0.420. The Balaban J connectivity index is 2.05. The van der Waals surface area contributed by atoms with Crippen molar-refractivity contribution < 1.29 is 4.74 Å². The molecule has 0 unspecified atom stereocenters. The van der Waals surface area contributed by atoms with Crippen molar-refractivity contribution in [1.29, 1.82) is 0 Å². The van der Waals surface area contributed by atoms with E-state index in [2.05, 4.69) is 16.4 Å². The van der Waals surface area contributed by atoms with Crippen LogP contribution in [0.1, 0.15) is 19.3 Å². The van der Waals surface area contributed by atoms with Gasteiger partial charge in [0.1, 0.15) is 11.6 Å². The molecule has 3 nitrogen and oxygen atoms in total. The average Bonchev–Trinajstić information content (AvgIpc) is 2.33. The van der Waals surface area contributed by atoms with Crippen molar-refractivity contribution in [3.05, 3.63) is 30.5 Å². The van der Waals surface area contributed by atoms with Crippen LogP contribution in [0.4, 0.5) is 5.82 Å². The molecule has 1 aliphatic rings. The van der Waals surface area contributed by atoms with Crippen LogP contribution < -0.4 is 10.1 Å². The molecular formula is C14H16N2O. The van der Waals surface area contributed by atoms with Gasteiger partial charge in [0.25, 0.3) is 0 Å². The highest BCUT2D eigenvalue weighted by atomic mass is 16.5. The molecule has 1 N–H and O–H groups in total. The lowest BCUT2D eigenvalue weighted by Gasteiger charge is -2.27. The minimum absolute atomic E-state index is 0.597. The minimum atomic E-state index is 0.597. The number of pyridine rings is 1. The zero-order valence-electron chi connectivity index (χ0n) is 9.94. The van der Waals surface area contributed by atoms with Crippen molar-refractivity contribution in [3.8, 4) is 5.75 Å². The first-order chi connectivity index (χ1) is 8.38. The second-order valence-electron chi connectivity index (χ2n) is 4.49. The van der Waals surface area contributed by atoms with Crippen LogP contribution in [0.2, 0.25) is 0 Å². The van der Waals surface area contributed by atoms with Crippen LogP contribution in [0.5, 0.6) is 5.75 Å². The van der Waals surface area contributed by atoms with Crippen LogP contribution in [0.15, 0.2) is 30.5 Å². The van der Waals surface area contributed by atoms with E-state index in [4.69, 9.17) is 4.74 Å². The van der Waals surface area contributed by atoms with Crippen molar-refractivity contribution >= 4 is 16.6 Å². The third kappa shape index (κ3) is 1.82. The first kappa shape index (κ1) is 10.4. The summed E-state index contributed by atoms with van der Waals surface area (Å²) in [6.45, 7) is 0. The van der Waals surface area contributed by atoms with Gasteiger partial charge in [-0.15, -0.1) is 0 Å². The molecule has 3 rings (SSSR count). The molecule has 1 aromatic heterocycles. The third-order valence-corrected chi connectivity index (χ3v) is 3.43. The summed E-state index contributed by atoms with van der Waals surface area (Å²) in [5, 5.41) is 5.76. The molecule has 2 aromatic rings. The van der Waals surface area contributed by atoms with Gasteiger partial charge in [-0.2, -0.15) is 0 Å². The van der Waals surface area contributed by atoms with Crippen molar-refractivity contribution in [2.24, 2.45) is 0 Å². The fraction of sp³-hybridized carbons (Fsp3) is 0.357. The monoisotopic (exact) mass is 228 g/mol. The Morgan fingerprint density at radius 2 is 2.12 bits per heavy atom. The summed E-state index contributed by atoms with van der Waals surface area (Å²) < 4.78 is 5.37. The summed E-state index contributed by atoms with van der Waals surface area (Å²) in [6.07, 6.45) is 5.67. The topological polar surface area (TPSA) is 34.1 Å². The van der Waals surface area contributed by atoms with E-state index in [1.807, 2.05) is 24.4 Å². The smallest absolute Gasteiger partial charge is 0.134 e. The van der Waals surface area contributed by atoms with Crippen molar-refractivity contribution in [2.45, 2.75) is 25.3 Å². The summed E-state index contributed by atoms with van der Waals surface area (Å²) in [5.41, 5.74) is 0. The molecular weight excluding hydrogens is 212 g/mol. The first-order valence-electron chi connectivity index (χ1n) is 6.07. The second kappa shape index (κ2) is 4.24. The zero-order chi connectivity index (χ0) is 11.7. The molecule has 88 valence electrons. The Bertz CT molecular complexity index is 535. The van der Waals surface area contributed by atoms with Crippen molar-refractivity contribution in [3.63, 3.8) is 0 Å². The summed E-state index contributed by atoms with van der Waals surface area (Å²) >= 11 is 0. The molecule has 1 aliphatic carbocycles. The molecule has 1 heterocycles. The lowest BCUT2D eigenvalue weighted by Crippen LogP contribution is -2.27. The third-order valence-electron chi connectivity index (χ3n) is 3.43. The Morgan fingerprint density at radius 1 is 1.24 bits per heavy atom. The van der Waals surface area contributed by atoms with Crippen LogP contribution in [0.25, 0.3) is 10.8 Å². The van der Waals surface area contributed by atoms with Gasteiger partial charge >= 0.3 is 0 Å². The van der Waals surface area contributed by atoms with Crippen LogP contribution in [-0.2, 0) is 0 Å². The summed E-state index contributed by atoms with van der Waals surface area (Å²) in [7, 11) is 1.70. The molecule has 0 saturated heterocycles. The summed E-state index contributed by atoms with van der Waals surface area (Å²) in [5.74, 6) is 1.88. The number of hydrogen-bond acceptors (Lipinski definition) is 3. The summed E-state index contributed by atoms with van der Waals surface area (Å²) in [6, 6.07) is 8.68. The van der Waals surface area contributed by atoms with E-state index in [0.717, 1.165) is 22.3 Å². The highest BCUT2D eigenvalue weighted by molar-refractivity contribution is 5.95. The van der Waals surface area contributed by atoms with E-state index in [9.17, 15) is 0 Å². The second-order valence-corrected chi connectivity index (χ2v) is 4.49. The molecule has 0 aliphatic heterocycles. The molecule has 1 saturated carbocycles. The normalized spacial score (nSPS) is 15.6. The van der Waals surface area contributed by atoms with E-state index < -0.39 is 0 Å². The zero-order valence-corrected chi connectivity index (χ0v) is 9.94. The maximum absolute atomic E-state index is 5.37. The number of benzene rings is 1. The van der Waals surface area contributed by atoms with Gasteiger partial charge in [0.2, 0.25) is 0 Å². The predicted octanol–water partition coefficient (Wildman–Crippen LogP) is 3.21. The molecule has 17 heavy (non-hydrogen) atoms. The molecule has 1 aromatic carbocycles. The fourth-order valence-corrected chi connectivity index (χ4v) is 2.22.